The van der Waals surface area contributed by atoms with Gasteiger partial charge in [-0.25, -0.2) is 0 Å². The molecule has 0 amide bonds. The van der Waals surface area contributed by atoms with Crippen molar-refractivity contribution in [3.63, 3.8) is 0 Å². The van der Waals surface area contributed by atoms with Crippen LogP contribution in [-0.2, 0) is 39.0 Å². The van der Waals surface area contributed by atoms with Crippen LogP contribution in [0, 0.1) is 0 Å². The van der Waals surface area contributed by atoms with Gasteiger partial charge in [-0.2, -0.15) is 0 Å². The van der Waals surface area contributed by atoms with Gasteiger partial charge in [-0.15, -0.1) is 0 Å². The number of hydrogen-bond donors (Lipinski definition) is 0. The molecular formula is C16H36O5SiTi. The molecule has 0 rings (SSSR count). The number of rotatable bonds is 15. The molecule has 0 unspecified atom stereocenters. The summed E-state index contributed by atoms with van der Waals surface area (Å²) in [6, 6.07) is 0.970. The molecule has 0 N–H and O–H groups in total. The third-order valence-electron chi connectivity index (χ3n) is 3.43. The van der Waals surface area contributed by atoms with Crippen LogP contribution in [0.1, 0.15) is 79.1 Å². The second-order valence-corrected chi connectivity index (χ2v) is 8.28. The van der Waals surface area contributed by atoms with E-state index in [1.165, 1.54) is 51.4 Å². The standard InChI is InChI=1S/C16H36O3Si.2O.Ti/c1-5-9-10-11-12-13-14-15-16-20(17-6-2,18-7-3)19-8-4;;;/h5-16H2,1-4H3;;;. The van der Waals surface area contributed by atoms with Crippen molar-refractivity contribution in [1.29, 1.82) is 0 Å². The van der Waals surface area contributed by atoms with Crippen LogP contribution in [0.4, 0.5) is 0 Å². The topological polar surface area (TPSA) is 61.8 Å². The van der Waals surface area contributed by atoms with Crippen molar-refractivity contribution in [1.82, 2.24) is 0 Å². The quantitative estimate of drug-likeness (QED) is 0.296. The van der Waals surface area contributed by atoms with E-state index in [4.69, 9.17) is 19.9 Å². The fraction of sp³-hybridized carbons (Fsp3) is 1.00. The molecule has 0 bridgehead atoms. The van der Waals surface area contributed by atoms with Gasteiger partial charge >= 0.3 is 34.5 Å². The molecule has 0 aromatic rings. The Kier molecular flexibility index (Phi) is 22.8. The first-order valence-corrected chi connectivity index (χ1v) is 12.3. The van der Waals surface area contributed by atoms with Gasteiger partial charge in [0.2, 0.25) is 0 Å². The zero-order valence-corrected chi connectivity index (χ0v) is 18.1. The molecule has 0 aliphatic rings. The first-order chi connectivity index (χ1) is 11.2. The Hall–Kier alpha value is 0.411. The molecule has 138 valence electrons. The summed E-state index contributed by atoms with van der Waals surface area (Å²) in [6.07, 6.45) is 10.6. The third kappa shape index (κ3) is 17.0. The van der Waals surface area contributed by atoms with Crippen LogP contribution in [-0.4, -0.2) is 28.6 Å². The summed E-state index contributed by atoms with van der Waals surface area (Å²) in [7, 11) is -2.38. The molecule has 0 saturated carbocycles. The maximum atomic E-state index is 8.50. The van der Waals surface area contributed by atoms with Gasteiger partial charge in [0.25, 0.3) is 0 Å². The summed E-state index contributed by atoms with van der Waals surface area (Å²) in [6.45, 7) is 10.4. The molecule has 7 heteroatoms. The van der Waals surface area contributed by atoms with Crippen molar-refractivity contribution >= 4 is 8.80 Å². The minimum absolute atomic E-state index is 0.684. The van der Waals surface area contributed by atoms with Crippen LogP contribution in [0.5, 0.6) is 0 Å². The summed E-state index contributed by atoms with van der Waals surface area (Å²) in [5.74, 6) is 0. The van der Waals surface area contributed by atoms with Gasteiger partial charge in [-0.05, 0) is 27.2 Å². The van der Waals surface area contributed by atoms with E-state index in [-0.39, 0.29) is 0 Å². The molecule has 0 aromatic heterocycles. The molecule has 0 spiro atoms. The van der Waals surface area contributed by atoms with E-state index < -0.39 is 27.9 Å². The van der Waals surface area contributed by atoms with E-state index in [1.54, 1.807) is 0 Å². The molecule has 5 nitrogen and oxygen atoms in total. The summed E-state index contributed by atoms with van der Waals surface area (Å²) in [4.78, 5) is 0. The number of unbranched alkanes of at least 4 members (excludes halogenated alkanes) is 7. The summed E-state index contributed by atoms with van der Waals surface area (Å²) < 4.78 is 34.6. The van der Waals surface area contributed by atoms with Gasteiger partial charge in [0.05, 0.1) is 0 Å². The Morgan fingerprint density at radius 2 is 1.00 bits per heavy atom. The zero-order valence-electron chi connectivity index (χ0n) is 15.5. The molecule has 0 saturated heterocycles. The Balaban J connectivity index is 0. The molecule has 0 fully saturated rings. The fourth-order valence-corrected chi connectivity index (χ4v) is 5.16. The molecule has 23 heavy (non-hydrogen) atoms. The number of hydrogen-bond acceptors (Lipinski definition) is 5. The summed E-state index contributed by atoms with van der Waals surface area (Å²) >= 11 is -2.00. The minimum atomic E-state index is -2.38. The van der Waals surface area contributed by atoms with Crippen LogP contribution in [0.15, 0.2) is 0 Å². The predicted octanol–water partition coefficient (Wildman–Crippen LogP) is 4.94. The first kappa shape index (κ1) is 25.6. The van der Waals surface area contributed by atoms with E-state index in [0.717, 1.165) is 6.04 Å². The second-order valence-electron chi connectivity index (χ2n) is 5.29. The molecule has 0 aliphatic heterocycles. The van der Waals surface area contributed by atoms with Crippen molar-refractivity contribution in [2.24, 2.45) is 0 Å². The predicted molar refractivity (Wildman–Crippen MR) is 89.4 cm³/mol. The van der Waals surface area contributed by atoms with Crippen molar-refractivity contribution in [2.75, 3.05) is 19.8 Å². The van der Waals surface area contributed by atoms with Crippen LogP contribution >= 0.6 is 0 Å². The molecule has 0 aromatic carbocycles. The second kappa shape index (κ2) is 20.5. The van der Waals surface area contributed by atoms with Gasteiger partial charge in [0, 0.05) is 25.9 Å². The van der Waals surface area contributed by atoms with Gasteiger partial charge in [0.15, 0.2) is 0 Å². The Labute approximate surface area is 152 Å². The van der Waals surface area contributed by atoms with Crippen molar-refractivity contribution in [3.8, 4) is 0 Å². The summed E-state index contributed by atoms with van der Waals surface area (Å²) in [5, 5.41) is 0. The Bertz CT molecular complexity index is 256. The van der Waals surface area contributed by atoms with Gasteiger partial charge in [0.1, 0.15) is 0 Å². The van der Waals surface area contributed by atoms with Crippen molar-refractivity contribution < 1.29 is 39.0 Å². The normalized spacial score (nSPS) is 10.8. The molecule has 0 radical (unpaired) electrons. The Morgan fingerprint density at radius 3 is 1.35 bits per heavy atom. The van der Waals surface area contributed by atoms with Crippen molar-refractivity contribution in [3.05, 3.63) is 0 Å². The van der Waals surface area contributed by atoms with E-state index in [0.29, 0.717) is 19.8 Å². The maximum absolute atomic E-state index is 8.50. The zero-order chi connectivity index (χ0) is 17.8. The molecular weight excluding hydrogens is 348 g/mol. The SMILES string of the molecule is CCCCCCCCCC[Si](OCC)(OCC)OCC.[O]=[Ti]=[O]. The van der Waals surface area contributed by atoms with Gasteiger partial charge in [-0.1, -0.05) is 51.9 Å². The van der Waals surface area contributed by atoms with E-state index in [1.807, 2.05) is 20.8 Å². The average molecular weight is 384 g/mol. The van der Waals surface area contributed by atoms with Crippen LogP contribution < -0.4 is 0 Å². The molecule has 0 aliphatic carbocycles. The molecule has 0 atom stereocenters. The van der Waals surface area contributed by atoms with Gasteiger partial charge in [-0.3, -0.25) is 0 Å². The fourth-order valence-electron chi connectivity index (χ4n) is 2.48. The van der Waals surface area contributed by atoms with Gasteiger partial charge < -0.3 is 13.3 Å². The Morgan fingerprint density at radius 1 is 0.652 bits per heavy atom. The van der Waals surface area contributed by atoms with Crippen LogP contribution in [0.25, 0.3) is 0 Å². The van der Waals surface area contributed by atoms with E-state index in [9.17, 15) is 0 Å². The van der Waals surface area contributed by atoms with Crippen LogP contribution in [0.2, 0.25) is 6.04 Å². The van der Waals surface area contributed by atoms with Crippen LogP contribution in [0.3, 0.4) is 0 Å². The third-order valence-corrected chi connectivity index (χ3v) is 6.58. The van der Waals surface area contributed by atoms with E-state index >= 15 is 0 Å². The van der Waals surface area contributed by atoms with E-state index in [2.05, 4.69) is 6.92 Å². The summed E-state index contributed by atoms with van der Waals surface area (Å²) in [5.41, 5.74) is 0. The average Bonchev–Trinajstić information content (AvgIpc) is 2.51. The molecule has 0 heterocycles. The first-order valence-electron chi connectivity index (χ1n) is 9.07. The van der Waals surface area contributed by atoms with Crippen molar-refractivity contribution in [2.45, 2.75) is 85.1 Å². The monoisotopic (exact) mass is 384 g/mol.